The van der Waals surface area contributed by atoms with Gasteiger partial charge in [0.2, 0.25) is 0 Å². The van der Waals surface area contributed by atoms with Crippen LogP contribution in [0.25, 0.3) is 11.0 Å². The first kappa shape index (κ1) is 22.3. The number of anilines is 1. The summed E-state index contributed by atoms with van der Waals surface area (Å²) in [6.07, 6.45) is 6.08. The van der Waals surface area contributed by atoms with Crippen molar-refractivity contribution in [2.45, 2.75) is 37.6 Å². The van der Waals surface area contributed by atoms with E-state index in [2.05, 4.69) is 47.0 Å². The molecule has 2 aliphatic rings. The molecular formula is C27H32N6O. The van der Waals surface area contributed by atoms with Gasteiger partial charge in [-0.3, -0.25) is 0 Å². The second-order valence-corrected chi connectivity index (χ2v) is 9.79. The molecule has 0 radical (unpaired) electrons. The third kappa shape index (κ3) is 3.87. The maximum absolute atomic E-state index is 13.5. The van der Waals surface area contributed by atoms with Crippen molar-refractivity contribution in [3.8, 4) is 6.07 Å². The molecule has 4 heterocycles. The van der Waals surface area contributed by atoms with Gasteiger partial charge in [0.1, 0.15) is 5.65 Å². The van der Waals surface area contributed by atoms with Crippen LogP contribution in [0.2, 0.25) is 0 Å². The van der Waals surface area contributed by atoms with E-state index in [0.717, 1.165) is 35.2 Å². The van der Waals surface area contributed by atoms with Crippen LogP contribution in [0.4, 0.5) is 10.5 Å². The van der Waals surface area contributed by atoms with Crippen molar-refractivity contribution in [3.05, 3.63) is 60.4 Å². The highest BCUT2D eigenvalue weighted by atomic mass is 16.2. The Bertz CT molecular complexity index is 1190. The summed E-state index contributed by atoms with van der Waals surface area (Å²) < 4.78 is 0. The van der Waals surface area contributed by atoms with Crippen molar-refractivity contribution in [1.29, 1.82) is 5.26 Å². The second-order valence-electron chi connectivity index (χ2n) is 9.79. The number of aromatic amines is 1. The molecule has 5 rings (SSSR count). The molecule has 2 aromatic heterocycles. The lowest BCUT2D eigenvalue weighted by atomic mass is 9.74. The Labute approximate surface area is 201 Å². The molecule has 7 heteroatoms. The van der Waals surface area contributed by atoms with E-state index in [1.54, 1.807) is 0 Å². The summed E-state index contributed by atoms with van der Waals surface area (Å²) in [6, 6.07) is 17.0. The van der Waals surface area contributed by atoms with Crippen molar-refractivity contribution < 1.29 is 4.79 Å². The fourth-order valence-electron chi connectivity index (χ4n) is 5.66. The molecule has 2 atom stereocenters. The molecule has 3 aromatic rings. The predicted octanol–water partition coefficient (Wildman–Crippen LogP) is 4.39. The number of benzene rings is 1. The summed E-state index contributed by atoms with van der Waals surface area (Å²) in [4.78, 5) is 27.4. The number of amides is 2. The minimum atomic E-state index is -0.500. The first-order valence-corrected chi connectivity index (χ1v) is 12.2. The van der Waals surface area contributed by atoms with Crippen LogP contribution in [-0.2, 0) is 5.41 Å². The summed E-state index contributed by atoms with van der Waals surface area (Å²) in [5.41, 5.74) is 2.58. The Morgan fingerprint density at radius 2 is 1.91 bits per heavy atom. The number of rotatable bonds is 3. The highest BCUT2D eigenvalue weighted by Gasteiger charge is 2.40. The molecule has 1 unspecified atom stereocenters. The van der Waals surface area contributed by atoms with Gasteiger partial charge in [-0.15, -0.1) is 0 Å². The highest BCUT2D eigenvalue weighted by molar-refractivity contribution is 5.89. The van der Waals surface area contributed by atoms with Gasteiger partial charge < -0.3 is 19.7 Å². The van der Waals surface area contributed by atoms with E-state index in [0.29, 0.717) is 38.4 Å². The molecule has 2 saturated heterocycles. The van der Waals surface area contributed by atoms with E-state index >= 15 is 0 Å². The Hall–Kier alpha value is -3.53. The maximum atomic E-state index is 13.5. The second kappa shape index (κ2) is 9.02. The number of likely N-dealkylation sites (tertiary alicyclic amines) is 2. The van der Waals surface area contributed by atoms with Crippen LogP contribution in [0.3, 0.4) is 0 Å². The predicted molar refractivity (Wildman–Crippen MR) is 134 cm³/mol. The van der Waals surface area contributed by atoms with Crippen LogP contribution in [0.5, 0.6) is 0 Å². The van der Waals surface area contributed by atoms with Gasteiger partial charge in [0.25, 0.3) is 0 Å². The van der Waals surface area contributed by atoms with Gasteiger partial charge in [0.05, 0.1) is 11.5 Å². The fraction of sp³-hybridized carbons (Fsp3) is 0.444. The number of hydrogen-bond donors (Lipinski definition) is 1. The smallest absolute Gasteiger partial charge is 0.320 e. The Balaban J connectivity index is 1.28. The van der Waals surface area contributed by atoms with E-state index in [4.69, 9.17) is 0 Å². The number of likely N-dealkylation sites (N-methyl/N-ethyl adjacent to an activating group) is 1. The number of nitrogens with zero attached hydrogens (tertiary/aromatic N) is 5. The SMILES string of the molecule is C[C@@H]1CCN(C(=O)N2CCC(C#N)(c3ccccc3)CC2)CC1N(C)c1ccnc2[nH]ccc12. The van der Waals surface area contributed by atoms with E-state index in [-0.39, 0.29) is 12.1 Å². The number of nitriles is 1. The molecule has 34 heavy (non-hydrogen) atoms. The Morgan fingerprint density at radius 1 is 1.15 bits per heavy atom. The zero-order valence-corrected chi connectivity index (χ0v) is 19.9. The van der Waals surface area contributed by atoms with E-state index in [1.807, 2.05) is 52.5 Å². The van der Waals surface area contributed by atoms with Gasteiger partial charge in [-0.2, -0.15) is 5.26 Å². The summed E-state index contributed by atoms with van der Waals surface area (Å²) in [6.45, 7) is 4.98. The van der Waals surface area contributed by atoms with Crippen LogP contribution in [-0.4, -0.2) is 65.1 Å². The number of pyridine rings is 1. The van der Waals surface area contributed by atoms with Crippen LogP contribution < -0.4 is 4.90 Å². The molecule has 1 N–H and O–H groups in total. The van der Waals surface area contributed by atoms with Crippen LogP contribution >= 0.6 is 0 Å². The lowest BCUT2D eigenvalue weighted by Crippen LogP contribution is -2.57. The van der Waals surface area contributed by atoms with E-state index in [1.165, 1.54) is 0 Å². The number of piperidine rings is 2. The standard InChI is InChI=1S/C27H32N6O/c1-20-10-15-33(18-24(20)31(2)23-9-14-30-25-22(23)8-13-29-25)26(34)32-16-11-27(19-28,12-17-32)21-6-4-3-5-7-21/h3-9,13-14,20,24H,10-12,15-18H2,1-2H3,(H,29,30)/t20-,24?/m1/s1. The van der Waals surface area contributed by atoms with E-state index in [9.17, 15) is 10.1 Å². The number of carbonyl (C=O) groups excluding carboxylic acids is 1. The molecular weight excluding hydrogens is 424 g/mol. The first-order chi connectivity index (χ1) is 16.5. The number of fused-ring (bicyclic) bond motifs is 1. The monoisotopic (exact) mass is 456 g/mol. The average molecular weight is 457 g/mol. The highest BCUT2D eigenvalue weighted by Crippen LogP contribution is 2.36. The molecule has 2 fully saturated rings. The summed E-state index contributed by atoms with van der Waals surface area (Å²) >= 11 is 0. The molecule has 0 aliphatic carbocycles. The number of aromatic nitrogens is 2. The largest absolute Gasteiger partial charge is 0.369 e. The third-order valence-electron chi connectivity index (χ3n) is 7.93. The van der Waals surface area contributed by atoms with Crippen molar-refractivity contribution >= 4 is 22.8 Å². The normalized spacial score (nSPS) is 22.4. The molecule has 2 aliphatic heterocycles. The maximum Gasteiger partial charge on any atom is 0.320 e. The summed E-state index contributed by atoms with van der Waals surface area (Å²) in [5.74, 6) is 0.474. The molecule has 7 nitrogen and oxygen atoms in total. The third-order valence-corrected chi connectivity index (χ3v) is 7.93. The van der Waals surface area contributed by atoms with Crippen molar-refractivity contribution in [3.63, 3.8) is 0 Å². The minimum Gasteiger partial charge on any atom is -0.369 e. The van der Waals surface area contributed by atoms with Gasteiger partial charge in [-0.25, -0.2) is 9.78 Å². The van der Waals surface area contributed by atoms with Crippen molar-refractivity contribution in [1.82, 2.24) is 19.8 Å². The molecule has 1 aromatic carbocycles. The molecule has 176 valence electrons. The number of hydrogen-bond acceptors (Lipinski definition) is 4. The summed E-state index contributed by atoms with van der Waals surface area (Å²) in [5, 5.41) is 11.1. The lowest BCUT2D eigenvalue weighted by molar-refractivity contribution is 0.111. The number of carbonyl (C=O) groups is 1. The molecule has 2 amide bonds. The topological polar surface area (TPSA) is 79.3 Å². The fourth-order valence-corrected chi connectivity index (χ4v) is 5.66. The molecule has 0 bridgehead atoms. The molecule has 0 spiro atoms. The quantitative estimate of drug-likeness (QED) is 0.634. The number of urea groups is 1. The van der Waals surface area contributed by atoms with Gasteiger partial charge in [0.15, 0.2) is 0 Å². The van der Waals surface area contributed by atoms with Crippen LogP contribution in [0.1, 0.15) is 31.7 Å². The molecule has 0 saturated carbocycles. The summed E-state index contributed by atoms with van der Waals surface area (Å²) in [7, 11) is 2.12. The zero-order valence-electron chi connectivity index (χ0n) is 19.9. The van der Waals surface area contributed by atoms with Crippen LogP contribution in [0.15, 0.2) is 54.9 Å². The van der Waals surface area contributed by atoms with Gasteiger partial charge in [-0.1, -0.05) is 37.3 Å². The van der Waals surface area contributed by atoms with Crippen molar-refractivity contribution in [2.24, 2.45) is 5.92 Å². The Morgan fingerprint density at radius 3 is 2.65 bits per heavy atom. The average Bonchev–Trinajstić information content (AvgIpc) is 3.38. The zero-order chi connectivity index (χ0) is 23.7. The van der Waals surface area contributed by atoms with Gasteiger partial charge >= 0.3 is 6.03 Å². The van der Waals surface area contributed by atoms with Crippen LogP contribution in [0, 0.1) is 17.2 Å². The first-order valence-electron chi connectivity index (χ1n) is 12.2. The lowest BCUT2D eigenvalue weighted by Gasteiger charge is -2.45. The van der Waals surface area contributed by atoms with Gasteiger partial charge in [0, 0.05) is 62.7 Å². The van der Waals surface area contributed by atoms with E-state index < -0.39 is 5.41 Å². The number of nitrogens with one attached hydrogen (secondary N) is 1. The van der Waals surface area contributed by atoms with Gasteiger partial charge in [-0.05, 0) is 42.9 Å². The van der Waals surface area contributed by atoms with Crippen molar-refractivity contribution in [2.75, 3.05) is 38.1 Å². The number of H-pyrrole nitrogens is 1. The Kier molecular flexibility index (Phi) is 5.91. The minimum absolute atomic E-state index is 0.103.